The van der Waals surface area contributed by atoms with E-state index >= 15 is 0 Å². The highest BCUT2D eigenvalue weighted by molar-refractivity contribution is 6.09. The van der Waals surface area contributed by atoms with Gasteiger partial charge in [0.2, 0.25) is 0 Å². The molecule has 1 heterocycles. The molecule has 0 aliphatic rings. The van der Waals surface area contributed by atoms with Crippen LogP contribution in [0.3, 0.4) is 0 Å². The number of carbonyl (C=O) groups excluding carboxylic acids is 1. The largest absolute Gasteiger partial charge is 0.460 e. The Labute approximate surface area is 111 Å². The summed E-state index contributed by atoms with van der Waals surface area (Å²) in [6.07, 6.45) is 0. The van der Waals surface area contributed by atoms with E-state index in [1.165, 1.54) is 0 Å². The minimum absolute atomic E-state index is 0.0430. The first-order valence-corrected chi connectivity index (χ1v) is 6.27. The first-order valence-electron chi connectivity index (χ1n) is 6.27. The van der Waals surface area contributed by atoms with Crippen molar-refractivity contribution in [2.24, 2.45) is 0 Å². The maximum atomic E-state index is 11.7. The maximum absolute atomic E-state index is 11.7. The predicted molar refractivity (Wildman–Crippen MR) is 76.4 cm³/mol. The molecule has 0 bridgehead atoms. The first-order chi connectivity index (χ1) is 9.18. The van der Waals surface area contributed by atoms with Crippen LogP contribution in [0.25, 0.3) is 22.1 Å². The van der Waals surface area contributed by atoms with Gasteiger partial charge in [-0.25, -0.2) is 0 Å². The van der Waals surface area contributed by atoms with Gasteiger partial charge in [-0.3, -0.25) is 4.79 Å². The van der Waals surface area contributed by atoms with E-state index in [2.05, 4.69) is 0 Å². The van der Waals surface area contributed by atoms with Crippen molar-refractivity contribution in [2.45, 2.75) is 13.8 Å². The topological polar surface area (TPSA) is 30.2 Å². The minimum Gasteiger partial charge on any atom is -0.460 e. The average molecular weight is 250 g/mol. The lowest BCUT2D eigenvalue weighted by molar-refractivity contribution is 0.101. The highest BCUT2D eigenvalue weighted by Crippen LogP contribution is 2.33. The Balaban J connectivity index is 2.34. The summed E-state index contributed by atoms with van der Waals surface area (Å²) >= 11 is 0. The molecule has 1 aromatic heterocycles. The summed E-state index contributed by atoms with van der Waals surface area (Å²) in [4.78, 5) is 11.7. The summed E-state index contributed by atoms with van der Waals surface area (Å²) in [6.45, 7) is 3.41. The van der Waals surface area contributed by atoms with Crippen molar-refractivity contribution >= 4 is 16.8 Å². The van der Waals surface area contributed by atoms with Crippen LogP contribution in [0.2, 0.25) is 0 Å². The van der Waals surface area contributed by atoms with E-state index in [-0.39, 0.29) is 5.78 Å². The Hall–Kier alpha value is -2.35. The number of rotatable bonds is 2. The summed E-state index contributed by atoms with van der Waals surface area (Å²) in [5, 5.41) is 0.895. The number of para-hydroxylation sites is 1. The number of benzene rings is 2. The van der Waals surface area contributed by atoms with Crippen molar-refractivity contribution in [3.8, 4) is 11.1 Å². The standard InChI is InChI=1S/C17H14O2/c1-11(18)16-12(2)19-17-14(9-6-10-15(16)17)13-7-4-3-5-8-13/h3-10H,1-2H3. The number of hydrogen-bond donors (Lipinski definition) is 0. The average Bonchev–Trinajstić information content (AvgIpc) is 2.75. The molecular weight excluding hydrogens is 236 g/mol. The zero-order valence-corrected chi connectivity index (χ0v) is 10.9. The lowest BCUT2D eigenvalue weighted by Gasteiger charge is -2.02. The van der Waals surface area contributed by atoms with Gasteiger partial charge >= 0.3 is 0 Å². The van der Waals surface area contributed by atoms with Gasteiger partial charge in [0.25, 0.3) is 0 Å². The van der Waals surface area contributed by atoms with E-state index in [1.54, 1.807) is 6.92 Å². The van der Waals surface area contributed by atoms with Crippen LogP contribution in [0.5, 0.6) is 0 Å². The molecular formula is C17H14O2. The number of aryl methyl sites for hydroxylation is 1. The molecule has 19 heavy (non-hydrogen) atoms. The summed E-state index contributed by atoms with van der Waals surface area (Å²) < 4.78 is 5.83. The Bertz CT molecular complexity index is 752. The minimum atomic E-state index is 0.0430. The molecule has 0 N–H and O–H groups in total. The third kappa shape index (κ3) is 1.85. The quantitative estimate of drug-likeness (QED) is 0.622. The van der Waals surface area contributed by atoms with Crippen LogP contribution in [0, 0.1) is 6.92 Å². The second-order valence-electron chi connectivity index (χ2n) is 4.64. The first kappa shape index (κ1) is 11.7. The fraction of sp³-hybridized carbons (Fsp3) is 0.118. The Morgan fingerprint density at radius 2 is 1.74 bits per heavy atom. The molecule has 0 unspecified atom stereocenters. The van der Waals surface area contributed by atoms with Gasteiger partial charge in [0.05, 0.1) is 5.56 Å². The molecule has 2 heteroatoms. The van der Waals surface area contributed by atoms with E-state index in [1.807, 2.05) is 55.5 Å². The van der Waals surface area contributed by atoms with Crippen LogP contribution in [0.4, 0.5) is 0 Å². The van der Waals surface area contributed by atoms with Crippen molar-refractivity contribution in [1.82, 2.24) is 0 Å². The van der Waals surface area contributed by atoms with Crippen molar-refractivity contribution in [3.63, 3.8) is 0 Å². The van der Waals surface area contributed by atoms with Crippen molar-refractivity contribution in [3.05, 3.63) is 59.9 Å². The van der Waals surface area contributed by atoms with Crippen LogP contribution < -0.4 is 0 Å². The van der Waals surface area contributed by atoms with Gasteiger partial charge in [-0.15, -0.1) is 0 Å². The van der Waals surface area contributed by atoms with Crippen LogP contribution in [0.1, 0.15) is 23.0 Å². The molecule has 0 saturated carbocycles. The van der Waals surface area contributed by atoms with E-state index in [4.69, 9.17) is 4.42 Å². The van der Waals surface area contributed by atoms with E-state index in [9.17, 15) is 4.79 Å². The number of fused-ring (bicyclic) bond motifs is 1. The molecule has 0 spiro atoms. The number of ketones is 1. The molecule has 3 rings (SSSR count). The zero-order chi connectivity index (χ0) is 13.4. The Kier molecular flexibility index (Phi) is 2.71. The summed E-state index contributed by atoms with van der Waals surface area (Å²) in [5.41, 5.74) is 3.59. The summed E-state index contributed by atoms with van der Waals surface area (Å²) in [7, 11) is 0. The lowest BCUT2D eigenvalue weighted by atomic mass is 10.0. The van der Waals surface area contributed by atoms with Gasteiger partial charge in [0.1, 0.15) is 11.3 Å². The molecule has 0 fully saturated rings. The van der Waals surface area contributed by atoms with Crippen molar-refractivity contribution in [1.29, 1.82) is 0 Å². The normalized spacial score (nSPS) is 10.8. The van der Waals surface area contributed by atoms with Crippen molar-refractivity contribution < 1.29 is 9.21 Å². The van der Waals surface area contributed by atoms with Gasteiger partial charge in [-0.1, -0.05) is 48.5 Å². The Morgan fingerprint density at radius 1 is 1.00 bits per heavy atom. The molecule has 0 saturated heterocycles. The van der Waals surface area contributed by atoms with E-state index < -0.39 is 0 Å². The van der Waals surface area contributed by atoms with Crippen LogP contribution in [-0.2, 0) is 0 Å². The fourth-order valence-electron chi connectivity index (χ4n) is 2.52. The predicted octanol–water partition coefficient (Wildman–Crippen LogP) is 4.61. The van der Waals surface area contributed by atoms with Crippen LogP contribution in [0.15, 0.2) is 52.9 Å². The lowest BCUT2D eigenvalue weighted by Crippen LogP contribution is -1.92. The van der Waals surface area contributed by atoms with Gasteiger partial charge < -0.3 is 4.42 Å². The molecule has 0 amide bonds. The van der Waals surface area contributed by atoms with E-state index in [0.29, 0.717) is 11.3 Å². The molecule has 94 valence electrons. The molecule has 0 aliphatic carbocycles. The third-order valence-corrected chi connectivity index (χ3v) is 3.33. The van der Waals surface area contributed by atoms with E-state index in [0.717, 1.165) is 22.1 Å². The number of Topliss-reactive ketones (excluding diaryl/α,β-unsaturated/α-hetero) is 1. The fourth-order valence-corrected chi connectivity index (χ4v) is 2.52. The summed E-state index contributed by atoms with van der Waals surface area (Å²) in [6, 6.07) is 16.0. The van der Waals surface area contributed by atoms with Crippen molar-refractivity contribution in [2.75, 3.05) is 0 Å². The number of hydrogen-bond acceptors (Lipinski definition) is 2. The highest BCUT2D eigenvalue weighted by Gasteiger charge is 2.17. The number of furan rings is 1. The van der Waals surface area contributed by atoms with Gasteiger partial charge in [0.15, 0.2) is 5.78 Å². The zero-order valence-electron chi connectivity index (χ0n) is 10.9. The second kappa shape index (κ2) is 4.39. The van der Waals surface area contributed by atoms with Crippen LogP contribution >= 0.6 is 0 Å². The van der Waals surface area contributed by atoms with Gasteiger partial charge in [-0.05, 0) is 19.4 Å². The summed E-state index contributed by atoms with van der Waals surface area (Å²) in [5.74, 6) is 0.729. The van der Waals surface area contributed by atoms with Crippen LogP contribution in [-0.4, -0.2) is 5.78 Å². The molecule has 2 nitrogen and oxygen atoms in total. The molecule has 0 aliphatic heterocycles. The number of carbonyl (C=O) groups is 1. The SMILES string of the molecule is CC(=O)c1c(C)oc2c(-c3ccccc3)cccc12. The third-order valence-electron chi connectivity index (χ3n) is 3.33. The van der Waals surface area contributed by atoms with Gasteiger partial charge in [0, 0.05) is 10.9 Å². The van der Waals surface area contributed by atoms with Gasteiger partial charge in [-0.2, -0.15) is 0 Å². The molecule has 3 aromatic rings. The monoisotopic (exact) mass is 250 g/mol. The maximum Gasteiger partial charge on any atom is 0.163 e. The molecule has 0 radical (unpaired) electrons. The molecule has 2 aromatic carbocycles. The highest BCUT2D eigenvalue weighted by atomic mass is 16.3. The second-order valence-corrected chi connectivity index (χ2v) is 4.64. The smallest absolute Gasteiger partial charge is 0.163 e. The molecule has 0 atom stereocenters. The Morgan fingerprint density at radius 3 is 2.42 bits per heavy atom.